The summed E-state index contributed by atoms with van der Waals surface area (Å²) in [5.41, 5.74) is 2.85. The van der Waals surface area contributed by atoms with Crippen molar-refractivity contribution < 1.29 is 14.3 Å². The summed E-state index contributed by atoms with van der Waals surface area (Å²) in [6, 6.07) is 17.7. The van der Waals surface area contributed by atoms with E-state index in [-0.39, 0.29) is 5.92 Å². The Hall–Kier alpha value is -3.28. The van der Waals surface area contributed by atoms with Gasteiger partial charge in [0.1, 0.15) is 17.2 Å². The van der Waals surface area contributed by atoms with Crippen LogP contribution < -0.4 is 9.47 Å². The van der Waals surface area contributed by atoms with Crippen molar-refractivity contribution in [2.24, 2.45) is 18.9 Å². The molecule has 178 valence electrons. The molecule has 6 nitrogen and oxygen atoms in total. The van der Waals surface area contributed by atoms with Crippen LogP contribution in [0.4, 0.5) is 0 Å². The van der Waals surface area contributed by atoms with Gasteiger partial charge >= 0.3 is 0 Å². The molecular weight excluding hydrogens is 426 g/mol. The molecule has 0 atom stereocenters. The Morgan fingerprint density at radius 3 is 2.32 bits per heavy atom. The number of hydrogen-bond acceptors (Lipinski definition) is 4. The van der Waals surface area contributed by atoms with Crippen molar-refractivity contribution in [2.75, 3.05) is 13.7 Å². The lowest BCUT2D eigenvalue weighted by Gasteiger charge is -2.26. The van der Waals surface area contributed by atoms with Gasteiger partial charge in [-0.1, -0.05) is 43.2 Å². The van der Waals surface area contributed by atoms with Crippen molar-refractivity contribution >= 4 is 5.91 Å². The number of hydrogen-bond donors (Lipinski definition) is 0. The molecule has 2 aliphatic rings. The second-order valence-corrected chi connectivity index (χ2v) is 9.54. The topological polar surface area (TPSA) is 56.6 Å². The number of ether oxygens (including phenoxy) is 2. The van der Waals surface area contributed by atoms with Crippen molar-refractivity contribution in [1.82, 2.24) is 14.7 Å². The zero-order valence-electron chi connectivity index (χ0n) is 20.1. The standard InChI is InChI=1S/C28H33N3O3/c1-30-28(34-24-16-14-23(33-2)15-17-24)25(26(29-30)21-8-4-3-5-9-21)19-31(18-20-12-13-20)27(32)22-10-6-7-11-22/h3-5,8-9,14-17,20,22H,6-7,10-13,18-19H2,1-2H3. The summed E-state index contributed by atoms with van der Waals surface area (Å²) in [5.74, 6) is 3.22. The Bertz CT molecular complexity index is 1110. The Balaban J connectivity index is 1.51. The molecule has 0 bridgehead atoms. The first-order chi connectivity index (χ1) is 16.6. The first kappa shape index (κ1) is 22.5. The summed E-state index contributed by atoms with van der Waals surface area (Å²) in [6.07, 6.45) is 6.75. The van der Waals surface area contributed by atoms with Crippen LogP contribution in [0.2, 0.25) is 0 Å². The average molecular weight is 460 g/mol. The Labute approximate surface area is 201 Å². The van der Waals surface area contributed by atoms with Crippen LogP contribution in [0, 0.1) is 11.8 Å². The van der Waals surface area contributed by atoms with E-state index in [0.717, 1.165) is 54.8 Å². The monoisotopic (exact) mass is 459 g/mol. The van der Waals surface area contributed by atoms with E-state index in [1.807, 2.05) is 49.5 Å². The van der Waals surface area contributed by atoms with E-state index < -0.39 is 0 Å². The summed E-state index contributed by atoms with van der Waals surface area (Å²) in [6.45, 7) is 1.33. The largest absolute Gasteiger partial charge is 0.497 e. The maximum atomic E-state index is 13.6. The first-order valence-corrected chi connectivity index (χ1v) is 12.3. The maximum absolute atomic E-state index is 13.6. The molecule has 3 aromatic rings. The van der Waals surface area contributed by atoms with E-state index in [4.69, 9.17) is 14.6 Å². The molecule has 2 saturated carbocycles. The summed E-state index contributed by atoms with van der Waals surface area (Å²) >= 11 is 0. The van der Waals surface area contributed by atoms with Crippen molar-refractivity contribution in [1.29, 1.82) is 0 Å². The van der Waals surface area contributed by atoms with Gasteiger partial charge in [0.2, 0.25) is 11.8 Å². The second-order valence-electron chi connectivity index (χ2n) is 9.54. The van der Waals surface area contributed by atoms with Gasteiger partial charge in [0, 0.05) is 25.1 Å². The lowest BCUT2D eigenvalue weighted by Crippen LogP contribution is -2.36. The highest BCUT2D eigenvalue weighted by Gasteiger charge is 2.33. The number of aryl methyl sites for hydroxylation is 1. The number of methoxy groups -OCH3 is 1. The van der Waals surface area contributed by atoms with Crippen LogP contribution in [0.25, 0.3) is 11.3 Å². The van der Waals surface area contributed by atoms with Gasteiger partial charge in [-0.2, -0.15) is 5.10 Å². The Morgan fingerprint density at radius 1 is 1.00 bits per heavy atom. The van der Waals surface area contributed by atoms with Crippen LogP contribution in [-0.4, -0.2) is 34.2 Å². The van der Waals surface area contributed by atoms with Crippen molar-refractivity contribution in [3.63, 3.8) is 0 Å². The number of amides is 1. The lowest BCUT2D eigenvalue weighted by atomic mass is 10.0. The predicted octanol–water partition coefficient (Wildman–Crippen LogP) is 5.82. The number of aromatic nitrogens is 2. The molecule has 0 N–H and O–H groups in total. The fourth-order valence-corrected chi connectivity index (χ4v) is 4.87. The van der Waals surface area contributed by atoms with E-state index >= 15 is 0 Å². The van der Waals surface area contributed by atoms with Crippen molar-refractivity contribution in [3.8, 4) is 28.6 Å². The highest BCUT2D eigenvalue weighted by atomic mass is 16.5. The van der Waals surface area contributed by atoms with E-state index in [1.54, 1.807) is 11.8 Å². The molecule has 0 aliphatic heterocycles. The molecule has 2 aromatic carbocycles. The first-order valence-electron chi connectivity index (χ1n) is 12.3. The minimum Gasteiger partial charge on any atom is -0.497 e. The summed E-state index contributed by atoms with van der Waals surface area (Å²) in [5, 5.41) is 4.84. The molecule has 2 fully saturated rings. The zero-order valence-corrected chi connectivity index (χ0v) is 20.1. The molecule has 1 heterocycles. The highest BCUT2D eigenvalue weighted by molar-refractivity contribution is 5.79. The van der Waals surface area contributed by atoms with Crippen LogP contribution in [0.1, 0.15) is 44.1 Å². The molecule has 34 heavy (non-hydrogen) atoms. The van der Waals surface area contributed by atoms with Gasteiger partial charge in [0.25, 0.3) is 0 Å². The third-order valence-electron chi connectivity index (χ3n) is 6.95. The third kappa shape index (κ3) is 4.96. The van der Waals surface area contributed by atoms with Gasteiger partial charge in [-0.3, -0.25) is 4.79 Å². The molecule has 6 heteroatoms. The van der Waals surface area contributed by atoms with Crippen LogP contribution in [-0.2, 0) is 18.4 Å². The summed E-state index contributed by atoms with van der Waals surface area (Å²) in [4.78, 5) is 15.6. The number of nitrogens with zero attached hydrogens (tertiary/aromatic N) is 3. The number of rotatable bonds is 9. The zero-order chi connectivity index (χ0) is 23.5. The molecule has 1 aromatic heterocycles. The fourth-order valence-electron chi connectivity index (χ4n) is 4.87. The SMILES string of the molecule is COc1ccc(Oc2c(CN(CC3CC3)C(=O)C3CCCC3)c(-c3ccccc3)nn2C)cc1. The molecule has 0 saturated heterocycles. The van der Waals surface area contributed by atoms with Crippen molar-refractivity contribution in [2.45, 2.75) is 45.1 Å². The van der Waals surface area contributed by atoms with Gasteiger partial charge in [0.05, 0.1) is 19.2 Å². The maximum Gasteiger partial charge on any atom is 0.225 e. The second kappa shape index (κ2) is 9.92. The number of carbonyl (C=O) groups excluding carboxylic acids is 1. The molecule has 0 unspecified atom stereocenters. The summed E-state index contributed by atoms with van der Waals surface area (Å²) < 4.78 is 13.4. The number of carbonyl (C=O) groups is 1. The molecule has 5 rings (SSSR count). The van der Waals surface area contributed by atoms with Crippen molar-refractivity contribution in [3.05, 3.63) is 60.2 Å². The van der Waals surface area contributed by atoms with Crippen LogP contribution in [0.5, 0.6) is 17.4 Å². The Kier molecular flexibility index (Phi) is 6.57. The normalized spacial score (nSPS) is 15.9. The van der Waals surface area contributed by atoms with E-state index in [9.17, 15) is 4.79 Å². The molecule has 1 amide bonds. The minimum atomic E-state index is 0.154. The Morgan fingerprint density at radius 2 is 1.68 bits per heavy atom. The molecule has 2 aliphatic carbocycles. The minimum absolute atomic E-state index is 0.154. The van der Waals surface area contributed by atoms with Gasteiger partial charge in [-0.25, -0.2) is 4.68 Å². The summed E-state index contributed by atoms with van der Waals surface area (Å²) in [7, 11) is 3.55. The van der Waals surface area contributed by atoms with E-state index in [0.29, 0.717) is 30.0 Å². The molecule has 0 radical (unpaired) electrons. The fraction of sp³-hybridized carbons (Fsp3) is 0.429. The highest BCUT2D eigenvalue weighted by Crippen LogP contribution is 2.37. The lowest BCUT2D eigenvalue weighted by molar-refractivity contribution is -0.136. The predicted molar refractivity (Wildman–Crippen MR) is 132 cm³/mol. The van der Waals surface area contributed by atoms with Gasteiger partial charge in [-0.05, 0) is 55.9 Å². The van der Waals surface area contributed by atoms with Gasteiger partial charge in [-0.15, -0.1) is 0 Å². The third-order valence-corrected chi connectivity index (χ3v) is 6.95. The van der Waals surface area contributed by atoms with E-state index in [1.165, 1.54) is 12.8 Å². The van der Waals surface area contributed by atoms with Crippen LogP contribution in [0.15, 0.2) is 54.6 Å². The average Bonchev–Trinajstić information content (AvgIpc) is 3.41. The van der Waals surface area contributed by atoms with Crippen LogP contribution >= 0.6 is 0 Å². The molecule has 0 spiro atoms. The number of benzene rings is 2. The van der Waals surface area contributed by atoms with Crippen LogP contribution in [0.3, 0.4) is 0 Å². The smallest absolute Gasteiger partial charge is 0.225 e. The van der Waals surface area contributed by atoms with E-state index in [2.05, 4.69) is 17.0 Å². The van der Waals surface area contributed by atoms with Gasteiger partial charge < -0.3 is 14.4 Å². The van der Waals surface area contributed by atoms with Gasteiger partial charge in [0.15, 0.2) is 0 Å². The molecular formula is C28H33N3O3. The quantitative estimate of drug-likeness (QED) is 0.405.